The van der Waals surface area contributed by atoms with Crippen molar-refractivity contribution in [1.82, 2.24) is 4.90 Å². The number of allylic oxidation sites excluding steroid dienone is 1. The van der Waals surface area contributed by atoms with E-state index in [0.717, 1.165) is 17.3 Å². The molecule has 7 heteroatoms. The topological polar surface area (TPSA) is 67.9 Å². The number of carbonyl (C=O) groups is 2. The third-order valence-corrected chi connectivity index (χ3v) is 4.74. The number of nitrogens with zero attached hydrogens (tertiary/aromatic N) is 1. The molecule has 0 fully saturated rings. The number of nitrogens with one attached hydrogen (secondary N) is 1. The summed E-state index contributed by atoms with van der Waals surface area (Å²) in [6, 6.07) is 12.6. The van der Waals surface area contributed by atoms with E-state index in [1.54, 1.807) is 45.5 Å². The SMILES string of the molecule is C/C=C/c1ccc(OCC(=O)Nc2ccccc2SC(=O)N(C)C)c(OC)c1. The van der Waals surface area contributed by atoms with Gasteiger partial charge in [0.25, 0.3) is 11.1 Å². The zero-order chi connectivity index (χ0) is 20.5. The van der Waals surface area contributed by atoms with Gasteiger partial charge < -0.3 is 19.7 Å². The Morgan fingerprint density at radius 2 is 1.89 bits per heavy atom. The molecule has 148 valence electrons. The predicted octanol–water partition coefficient (Wildman–Crippen LogP) is 4.52. The second kappa shape index (κ2) is 10.4. The standard InChI is InChI=1S/C21H24N2O4S/c1-5-8-15-11-12-17(18(13-15)26-4)27-14-20(24)22-16-9-6-7-10-19(16)28-21(25)23(2)3/h5-13H,14H2,1-4H3,(H,22,24)/b8-5+. The molecule has 0 spiro atoms. The second-order valence-corrected chi connectivity index (χ2v) is 7.00. The first-order valence-corrected chi connectivity index (χ1v) is 9.47. The third kappa shape index (κ3) is 6.06. The van der Waals surface area contributed by atoms with E-state index in [1.165, 1.54) is 4.90 Å². The normalized spacial score (nSPS) is 10.6. The Kier molecular flexibility index (Phi) is 7.95. The third-order valence-electron chi connectivity index (χ3n) is 3.63. The van der Waals surface area contributed by atoms with Crippen molar-refractivity contribution in [3.05, 3.63) is 54.1 Å². The van der Waals surface area contributed by atoms with E-state index in [4.69, 9.17) is 9.47 Å². The molecule has 0 unspecified atom stereocenters. The molecule has 2 rings (SSSR count). The average Bonchev–Trinajstić information content (AvgIpc) is 2.68. The van der Waals surface area contributed by atoms with E-state index < -0.39 is 0 Å². The number of hydrogen-bond donors (Lipinski definition) is 1. The molecule has 0 aliphatic heterocycles. The van der Waals surface area contributed by atoms with Crippen LogP contribution in [0.5, 0.6) is 11.5 Å². The average molecular weight is 401 g/mol. The predicted molar refractivity (Wildman–Crippen MR) is 113 cm³/mol. The molecular formula is C21H24N2O4S. The lowest BCUT2D eigenvalue weighted by molar-refractivity contribution is -0.118. The van der Waals surface area contributed by atoms with E-state index in [0.29, 0.717) is 22.1 Å². The molecule has 2 aromatic carbocycles. The number of anilines is 1. The number of rotatable bonds is 7. The van der Waals surface area contributed by atoms with Gasteiger partial charge in [-0.3, -0.25) is 9.59 Å². The van der Waals surface area contributed by atoms with E-state index in [1.807, 2.05) is 37.3 Å². The molecule has 6 nitrogen and oxygen atoms in total. The number of ether oxygens (including phenoxy) is 2. The Bertz CT molecular complexity index is 865. The van der Waals surface area contributed by atoms with Crippen molar-refractivity contribution in [3.63, 3.8) is 0 Å². The highest BCUT2D eigenvalue weighted by Gasteiger charge is 2.13. The maximum Gasteiger partial charge on any atom is 0.286 e. The second-order valence-electron chi connectivity index (χ2n) is 6.01. The molecule has 0 aliphatic rings. The lowest BCUT2D eigenvalue weighted by Crippen LogP contribution is -2.21. The number of benzene rings is 2. The van der Waals surface area contributed by atoms with Crippen LogP contribution in [0.2, 0.25) is 0 Å². The summed E-state index contributed by atoms with van der Waals surface area (Å²) in [4.78, 5) is 26.4. The van der Waals surface area contributed by atoms with Crippen molar-refractivity contribution in [1.29, 1.82) is 0 Å². The molecule has 0 saturated heterocycles. The summed E-state index contributed by atoms with van der Waals surface area (Å²) in [7, 11) is 4.91. The summed E-state index contributed by atoms with van der Waals surface area (Å²) < 4.78 is 10.9. The maximum absolute atomic E-state index is 12.3. The molecule has 0 saturated carbocycles. The number of thioether (sulfide) groups is 1. The highest BCUT2D eigenvalue weighted by Crippen LogP contribution is 2.30. The lowest BCUT2D eigenvalue weighted by Gasteiger charge is -2.14. The summed E-state index contributed by atoms with van der Waals surface area (Å²) in [6.07, 6.45) is 3.88. The summed E-state index contributed by atoms with van der Waals surface area (Å²) in [5.74, 6) is 0.706. The number of carbonyl (C=O) groups excluding carboxylic acids is 2. The molecular weight excluding hydrogens is 376 g/mol. The Labute approximate surface area is 169 Å². The van der Waals surface area contributed by atoms with E-state index in [9.17, 15) is 9.59 Å². The van der Waals surface area contributed by atoms with E-state index in [-0.39, 0.29) is 17.8 Å². The van der Waals surface area contributed by atoms with E-state index in [2.05, 4.69) is 5.32 Å². The van der Waals surface area contributed by atoms with Crippen LogP contribution >= 0.6 is 11.8 Å². The van der Waals surface area contributed by atoms with Gasteiger partial charge in [-0.1, -0.05) is 30.4 Å². The fourth-order valence-corrected chi connectivity index (χ4v) is 3.02. The Morgan fingerprint density at radius 1 is 1.14 bits per heavy atom. The largest absolute Gasteiger partial charge is 0.493 e. The summed E-state index contributed by atoms with van der Waals surface area (Å²) in [5.41, 5.74) is 1.54. The molecule has 0 aliphatic carbocycles. The lowest BCUT2D eigenvalue weighted by atomic mass is 10.2. The zero-order valence-corrected chi connectivity index (χ0v) is 17.2. The van der Waals surface area contributed by atoms with Gasteiger partial charge in [0.15, 0.2) is 18.1 Å². The van der Waals surface area contributed by atoms with Gasteiger partial charge in [-0.25, -0.2) is 0 Å². The molecule has 0 bridgehead atoms. The van der Waals surface area contributed by atoms with Gasteiger partial charge >= 0.3 is 0 Å². The van der Waals surface area contributed by atoms with Crippen molar-refractivity contribution in [3.8, 4) is 11.5 Å². The molecule has 0 atom stereocenters. The van der Waals surface area contributed by atoms with Crippen LogP contribution in [0.15, 0.2) is 53.4 Å². The van der Waals surface area contributed by atoms with Gasteiger partial charge in [0, 0.05) is 19.0 Å². The van der Waals surface area contributed by atoms with Crippen molar-refractivity contribution >= 4 is 34.7 Å². The van der Waals surface area contributed by atoms with Crippen LogP contribution in [0, 0.1) is 0 Å². The van der Waals surface area contributed by atoms with E-state index >= 15 is 0 Å². The van der Waals surface area contributed by atoms with Gasteiger partial charge in [0.1, 0.15) is 0 Å². The molecule has 0 heterocycles. The van der Waals surface area contributed by atoms with Gasteiger partial charge in [-0.15, -0.1) is 0 Å². The van der Waals surface area contributed by atoms with Crippen molar-refractivity contribution < 1.29 is 19.1 Å². The Morgan fingerprint density at radius 3 is 2.57 bits per heavy atom. The summed E-state index contributed by atoms with van der Waals surface area (Å²) in [6.45, 7) is 1.75. The number of para-hydroxylation sites is 1. The number of hydrogen-bond acceptors (Lipinski definition) is 5. The molecule has 2 amide bonds. The molecule has 0 aromatic heterocycles. The van der Waals surface area contributed by atoms with Crippen molar-refractivity contribution in [2.24, 2.45) is 0 Å². The highest BCUT2D eigenvalue weighted by molar-refractivity contribution is 8.13. The monoisotopic (exact) mass is 400 g/mol. The zero-order valence-electron chi connectivity index (χ0n) is 16.4. The van der Waals surface area contributed by atoms with Gasteiger partial charge in [-0.05, 0) is 48.5 Å². The van der Waals surface area contributed by atoms with Crippen LogP contribution in [-0.2, 0) is 4.79 Å². The molecule has 2 aromatic rings. The fourth-order valence-electron chi connectivity index (χ4n) is 2.27. The van der Waals surface area contributed by atoms with Crippen molar-refractivity contribution in [2.75, 3.05) is 33.1 Å². The Hall–Kier alpha value is -2.93. The quantitative estimate of drug-likeness (QED) is 0.692. The minimum Gasteiger partial charge on any atom is -0.493 e. The first kappa shape index (κ1) is 21.4. The van der Waals surface area contributed by atoms with Gasteiger partial charge in [0.2, 0.25) is 0 Å². The smallest absolute Gasteiger partial charge is 0.286 e. The molecule has 0 radical (unpaired) electrons. The van der Waals surface area contributed by atoms with Gasteiger partial charge in [0.05, 0.1) is 12.8 Å². The highest BCUT2D eigenvalue weighted by atomic mass is 32.2. The summed E-state index contributed by atoms with van der Waals surface area (Å²) >= 11 is 1.05. The number of amides is 2. The van der Waals surface area contributed by atoms with Crippen molar-refractivity contribution in [2.45, 2.75) is 11.8 Å². The minimum absolute atomic E-state index is 0.121. The molecule has 1 N–H and O–H groups in total. The van der Waals surface area contributed by atoms with Crippen LogP contribution < -0.4 is 14.8 Å². The van der Waals surface area contributed by atoms with Crippen LogP contribution in [0.25, 0.3) is 6.08 Å². The van der Waals surface area contributed by atoms with Crippen LogP contribution in [0.4, 0.5) is 10.5 Å². The van der Waals surface area contributed by atoms with Gasteiger partial charge in [-0.2, -0.15) is 0 Å². The first-order valence-electron chi connectivity index (χ1n) is 8.66. The van der Waals surface area contributed by atoms with Crippen LogP contribution in [0.1, 0.15) is 12.5 Å². The van der Waals surface area contributed by atoms with Crippen LogP contribution in [-0.4, -0.2) is 43.9 Å². The van der Waals surface area contributed by atoms with Crippen LogP contribution in [0.3, 0.4) is 0 Å². The molecule has 28 heavy (non-hydrogen) atoms. The fraction of sp³-hybridized carbons (Fsp3) is 0.238. The summed E-state index contributed by atoms with van der Waals surface area (Å²) in [5, 5.41) is 2.67. The number of methoxy groups -OCH3 is 1. The maximum atomic E-state index is 12.3. The Balaban J connectivity index is 2.03. The first-order chi connectivity index (χ1) is 13.4. The minimum atomic E-state index is -0.329.